The molecule has 0 saturated heterocycles. The fourth-order valence-electron chi connectivity index (χ4n) is 0.942. The summed E-state index contributed by atoms with van der Waals surface area (Å²) in [6, 6.07) is 5.24. The Bertz CT molecular complexity index is 210. The third kappa shape index (κ3) is 1.95. The first kappa shape index (κ1) is 7.47. The van der Waals surface area contributed by atoms with Gasteiger partial charge in [-0.05, 0) is 12.5 Å². The number of hydrogen-bond acceptors (Lipinski definition) is 0. The zero-order chi connectivity index (χ0) is 7.40. The van der Waals surface area contributed by atoms with Crippen molar-refractivity contribution < 1.29 is 4.57 Å². The third-order valence-electron chi connectivity index (χ3n) is 1.41. The minimum Gasteiger partial charge on any atom is -0.208 e. The third-order valence-corrected chi connectivity index (χ3v) is 1.66. The second-order valence-electron chi connectivity index (χ2n) is 2.38. The molecule has 1 rings (SSSR count). The fourth-order valence-corrected chi connectivity index (χ4v) is 1.23. The Morgan fingerprint density at radius 3 is 3.00 bits per heavy atom. The molecule has 0 aromatic carbocycles. The zero-order valence-electron chi connectivity index (χ0n) is 6.17. The second-order valence-corrected chi connectivity index (χ2v) is 2.88. The maximum Gasteiger partial charge on any atom is 0.171 e. The van der Waals surface area contributed by atoms with Gasteiger partial charge >= 0.3 is 0 Å². The summed E-state index contributed by atoms with van der Waals surface area (Å²) in [5.74, 6) is 0. The molecule has 0 saturated carbocycles. The molecule has 2 heteroatoms. The van der Waals surface area contributed by atoms with E-state index in [0.717, 1.165) is 12.5 Å². The normalized spacial score (nSPS) is 9.80. The van der Waals surface area contributed by atoms with Gasteiger partial charge in [-0.25, -0.2) is 4.57 Å². The Kier molecular flexibility index (Phi) is 2.63. The van der Waals surface area contributed by atoms with Crippen LogP contribution < -0.4 is 4.57 Å². The summed E-state index contributed by atoms with van der Waals surface area (Å²) in [5.41, 5.74) is 1.38. The molecular weight excluding hydrogens is 138 g/mol. The van der Waals surface area contributed by atoms with Crippen LogP contribution in [0.4, 0.5) is 0 Å². The smallest absolute Gasteiger partial charge is 0.171 e. The van der Waals surface area contributed by atoms with Gasteiger partial charge in [0.15, 0.2) is 12.4 Å². The summed E-state index contributed by atoms with van der Waals surface area (Å²) in [7, 11) is 5.48. The van der Waals surface area contributed by atoms with Crippen LogP contribution in [0, 0.1) is 0 Å². The quantitative estimate of drug-likeness (QED) is 0.429. The van der Waals surface area contributed by atoms with E-state index in [2.05, 4.69) is 33.1 Å². The lowest BCUT2D eigenvalue weighted by Gasteiger charge is -1.93. The van der Waals surface area contributed by atoms with Gasteiger partial charge in [0, 0.05) is 21.9 Å². The van der Waals surface area contributed by atoms with E-state index in [0.29, 0.717) is 0 Å². The Labute approximate surface area is 65.1 Å². The molecule has 0 atom stereocenters. The molecule has 0 unspecified atom stereocenters. The zero-order valence-corrected chi connectivity index (χ0v) is 7.17. The average Bonchev–Trinajstić information content (AvgIpc) is 1.88. The number of aromatic nitrogens is 1. The Morgan fingerprint density at radius 1 is 1.60 bits per heavy atom. The summed E-state index contributed by atoms with van der Waals surface area (Å²) in [5, 5.41) is 0. The molecule has 0 spiro atoms. The van der Waals surface area contributed by atoms with E-state index in [4.69, 9.17) is 0 Å². The predicted molar refractivity (Wildman–Crippen MR) is 41.9 cm³/mol. The molecule has 51 valence electrons. The van der Waals surface area contributed by atoms with Gasteiger partial charge in [-0.2, -0.15) is 0 Å². The van der Waals surface area contributed by atoms with Gasteiger partial charge < -0.3 is 0 Å². The molecule has 0 aliphatic rings. The van der Waals surface area contributed by atoms with E-state index in [1.54, 1.807) is 0 Å². The number of pyridine rings is 1. The monoisotopic (exact) mass is 149 g/mol. The van der Waals surface area contributed by atoms with Crippen molar-refractivity contribution in [1.82, 2.24) is 0 Å². The number of aryl methyl sites for hydroxylation is 2. The van der Waals surface area contributed by atoms with Crippen LogP contribution in [0.2, 0.25) is 6.04 Å². The SMILES string of the molecule is C[n+]1cccc(CC[Si])c1. The topological polar surface area (TPSA) is 3.88 Å². The van der Waals surface area contributed by atoms with Crippen LogP contribution in [0.3, 0.4) is 0 Å². The molecule has 0 aliphatic heterocycles. The number of hydrogen-bond donors (Lipinski definition) is 0. The molecule has 1 heterocycles. The minimum absolute atomic E-state index is 1.03. The summed E-state index contributed by atoms with van der Waals surface area (Å²) in [4.78, 5) is 0. The molecule has 0 bridgehead atoms. The molecule has 0 fully saturated rings. The summed E-state index contributed by atoms with van der Waals surface area (Å²) < 4.78 is 2.07. The van der Waals surface area contributed by atoms with Gasteiger partial charge in [-0.3, -0.25) is 0 Å². The summed E-state index contributed by atoms with van der Waals surface area (Å²) >= 11 is 0. The van der Waals surface area contributed by atoms with Crippen molar-refractivity contribution in [3.8, 4) is 0 Å². The maximum absolute atomic E-state index is 3.45. The van der Waals surface area contributed by atoms with Crippen LogP contribution in [-0.4, -0.2) is 10.2 Å². The van der Waals surface area contributed by atoms with Crippen molar-refractivity contribution in [3.63, 3.8) is 0 Å². The molecule has 1 nitrogen and oxygen atoms in total. The highest BCUT2D eigenvalue weighted by atomic mass is 28.1. The highest BCUT2D eigenvalue weighted by molar-refractivity contribution is 6.08. The Balaban J connectivity index is 2.75. The molecule has 1 aromatic rings. The minimum atomic E-state index is 1.03. The highest BCUT2D eigenvalue weighted by Crippen LogP contribution is 1.96. The second kappa shape index (κ2) is 3.51. The van der Waals surface area contributed by atoms with Gasteiger partial charge in [0.1, 0.15) is 7.05 Å². The standard InChI is InChI=1S/C8H11NSi/c1-9-5-2-3-8(7-9)4-6-10/h2-3,5,7H,4,6H2,1H3/q+1. The van der Waals surface area contributed by atoms with Crippen molar-refractivity contribution in [2.45, 2.75) is 12.5 Å². The predicted octanol–water partition coefficient (Wildman–Crippen LogP) is 0.640. The maximum atomic E-state index is 3.45. The van der Waals surface area contributed by atoms with Gasteiger partial charge in [-0.15, -0.1) is 0 Å². The van der Waals surface area contributed by atoms with E-state index < -0.39 is 0 Å². The summed E-state index contributed by atoms with van der Waals surface area (Å²) in [6.07, 6.45) is 5.28. The van der Waals surface area contributed by atoms with Crippen LogP contribution in [-0.2, 0) is 13.5 Å². The van der Waals surface area contributed by atoms with E-state index in [-0.39, 0.29) is 0 Å². The Morgan fingerprint density at radius 2 is 2.40 bits per heavy atom. The largest absolute Gasteiger partial charge is 0.208 e. The number of nitrogens with zero attached hydrogens (tertiary/aromatic N) is 1. The molecule has 0 N–H and O–H groups in total. The lowest BCUT2D eigenvalue weighted by Crippen LogP contribution is -2.26. The van der Waals surface area contributed by atoms with E-state index in [9.17, 15) is 0 Å². The highest BCUT2D eigenvalue weighted by Gasteiger charge is 1.94. The van der Waals surface area contributed by atoms with Crippen LogP contribution >= 0.6 is 0 Å². The van der Waals surface area contributed by atoms with Crippen molar-refractivity contribution in [2.24, 2.45) is 7.05 Å². The van der Waals surface area contributed by atoms with Gasteiger partial charge in [0.2, 0.25) is 0 Å². The van der Waals surface area contributed by atoms with Crippen molar-refractivity contribution in [3.05, 3.63) is 30.1 Å². The van der Waals surface area contributed by atoms with E-state index in [1.165, 1.54) is 5.56 Å². The lowest BCUT2D eigenvalue weighted by molar-refractivity contribution is -0.671. The van der Waals surface area contributed by atoms with Crippen molar-refractivity contribution in [1.29, 1.82) is 0 Å². The average molecular weight is 149 g/mol. The lowest BCUT2D eigenvalue weighted by atomic mass is 10.2. The van der Waals surface area contributed by atoms with Gasteiger partial charge in [0.05, 0.1) is 0 Å². The van der Waals surface area contributed by atoms with Crippen molar-refractivity contribution >= 4 is 10.2 Å². The molecular formula is C8H11NSi+. The summed E-state index contributed by atoms with van der Waals surface area (Å²) in [6.45, 7) is 0. The molecule has 10 heavy (non-hydrogen) atoms. The molecule has 3 radical (unpaired) electrons. The van der Waals surface area contributed by atoms with Gasteiger partial charge in [0.25, 0.3) is 0 Å². The molecule has 0 amide bonds. The molecule has 1 aromatic heterocycles. The van der Waals surface area contributed by atoms with Gasteiger partial charge in [-0.1, -0.05) is 6.04 Å². The van der Waals surface area contributed by atoms with Crippen LogP contribution in [0.5, 0.6) is 0 Å². The first-order valence-corrected chi connectivity index (χ1v) is 4.12. The fraction of sp³-hybridized carbons (Fsp3) is 0.375. The van der Waals surface area contributed by atoms with E-state index >= 15 is 0 Å². The van der Waals surface area contributed by atoms with Crippen LogP contribution in [0.15, 0.2) is 24.5 Å². The van der Waals surface area contributed by atoms with E-state index in [1.807, 2.05) is 13.2 Å². The Hall–Kier alpha value is -0.633. The van der Waals surface area contributed by atoms with Crippen LogP contribution in [0.25, 0.3) is 0 Å². The van der Waals surface area contributed by atoms with Crippen molar-refractivity contribution in [2.75, 3.05) is 0 Å². The molecule has 0 aliphatic carbocycles. The first-order valence-electron chi connectivity index (χ1n) is 3.41. The number of rotatable bonds is 2. The van der Waals surface area contributed by atoms with Crippen LogP contribution in [0.1, 0.15) is 5.56 Å². The first-order chi connectivity index (χ1) is 4.83.